The Bertz CT molecular complexity index is 819. The molecule has 0 saturated carbocycles. The third-order valence-corrected chi connectivity index (χ3v) is 4.12. The fourth-order valence-electron chi connectivity index (χ4n) is 2.34. The number of ketones is 1. The minimum atomic E-state index is -0.490. The molecule has 1 atom stereocenters. The summed E-state index contributed by atoms with van der Waals surface area (Å²) in [7, 11) is 0. The van der Waals surface area contributed by atoms with Crippen LogP contribution in [0.1, 0.15) is 35.8 Å². The van der Waals surface area contributed by atoms with Gasteiger partial charge in [-0.15, -0.1) is 0 Å². The summed E-state index contributed by atoms with van der Waals surface area (Å²) in [6.45, 7) is 4.00. The molecular formula is C20H20ClFN2O2. The summed E-state index contributed by atoms with van der Waals surface area (Å²) in [6, 6.07) is 12.3. The topological polar surface area (TPSA) is 58.2 Å². The van der Waals surface area contributed by atoms with Crippen LogP contribution >= 0.6 is 11.6 Å². The number of rotatable bonds is 7. The summed E-state index contributed by atoms with van der Waals surface area (Å²) in [5, 5.41) is 5.92. The van der Waals surface area contributed by atoms with Crippen LogP contribution in [0.2, 0.25) is 5.02 Å². The van der Waals surface area contributed by atoms with E-state index in [0.29, 0.717) is 6.54 Å². The maximum atomic E-state index is 13.0. The molecule has 2 aromatic rings. The number of Topliss-reactive ketones (excluding diaryl/α,β-unsaturated/α-hetero) is 1. The van der Waals surface area contributed by atoms with Crippen LogP contribution in [0.5, 0.6) is 0 Å². The van der Waals surface area contributed by atoms with Crippen molar-refractivity contribution in [3.05, 3.63) is 82.3 Å². The van der Waals surface area contributed by atoms with Gasteiger partial charge in [0.25, 0.3) is 5.91 Å². The van der Waals surface area contributed by atoms with E-state index in [9.17, 15) is 14.0 Å². The Morgan fingerprint density at radius 2 is 1.81 bits per heavy atom. The molecule has 136 valence electrons. The number of nitrogens with one attached hydrogen (secondary N) is 2. The van der Waals surface area contributed by atoms with Crippen molar-refractivity contribution < 1.29 is 14.0 Å². The molecule has 26 heavy (non-hydrogen) atoms. The SMILES string of the molecule is CCNC(=O)C(=CNC(C)c1ccc(F)cc1)C(=O)c1ccccc1Cl. The van der Waals surface area contributed by atoms with Gasteiger partial charge in [0, 0.05) is 24.4 Å². The quantitative estimate of drug-likeness (QED) is 0.333. The van der Waals surface area contributed by atoms with E-state index in [4.69, 9.17) is 11.6 Å². The maximum absolute atomic E-state index is 13.0. The van der Waals surface area contributed by atoms with Crippen LogP contribution < -0.4 is 10.6 Å². The smallest absolute Gasteiger partial charge is 0.256 e. The lowest BCUT2D eigenvalue weighted by Crippen LogP contribution is -2.30. The molecule has 0 aliphatic rings. The first kappa shape index (κ1) is 19.7. The van der Waals surface area contributed by atoms with Gasteiger partial charge in [-0.05, 0) is 43.7 Å². The van der Waals surface area contributed by atoms with Crippen molar-refractivity contribution in [1.82, 2.24) is 10.6 Å². The van der Waals surface area contributed by atoms with Crippen molar-refractivity contribution in [3.8, 4) is 0 Å². The van der Waals surface area contributed by atoms with Gasteiger partial charge in [-0.1, -0.05) is 35.9 Å². The van der Waals surface area contributed by atoms with E-state index in [1.807, 2.05) is 6.92 Å². The average Bonchev–Trinajstić information content (AvgIpc) is 2.62. The monoisotopic (exact) mass is 374 g/mol. The van der Waals surface area contributed by atoms with E-state index in [-0.39, 0.29) is 28.0 Å². The Balaban J connectivity index is 2.27. The molecule has 0 spiro atoms. The van der Waals surface area contributed by atoms with Gasteiger partial charge >= 0.3 is 0 Å². The van der Waals surface area contributed by atoms with E-state index in [2.05, 4.69) is 10.6 Å². The molecule has 0 aliphatic heterocycles. The molecule has 0 saturated heterocycles. The molecule has 2 aromatic carbocycles. The average molecular weight is 375 g/mol. The van der Waals surface area contributed by atoms with E-state index >= 15 is 0 Å². The zero-order chi connectivity index (χ0) is 19.1. The maximum Gasteiger partial charge on any atom is 0.256 e. The highest BCUT2D eigenvalue weighted by molar-refractivity contribution is 6.37. The van der Waals surface area contributed by atoms with Crippen LogP contribution in [0.15, 0.2) is 60.3 Å². The Morgan fingerprint density at radius 1 is 1.15 bits per heavy atom. The Morgan fingerprint density at radius 3 is 2.42 bits per heavy atom. The highest BCUT2D eigenvalue weighted by Gasteiger charge is 2.21. The van der Waals surface area contributed by atoms with Crippen LogP contribution in [0.4, 0.5) is 4.39 Å². The van der Waals surface area contributed by atoms with Gasteiger partial charge in [-0.2, -0.15) is 0 Å². The van der Waals surface area contributed by atoms with Crippen LogP contribution in [-0.4, -0.2) is 18.2 Å². The van der Waals surface area contributed by atoms with Crippen LogP contribution in [-0.2, 0) is 4.79 Å². The molecule has 0 aromatic heterocycles. The van der Waals surface area contributed by atoms with Crippen molar-refractivity contribution in [2.75, 3.05) is 6.54 Å². The fraction of sp³-hybridized carbons (Fsp3) is 0.200. The molecule has 2 rings (SSSR count). The van der Waals surface area contributed by atoms with Gasteiger partial charge in [0.05, 0.1) is 5.02 Å². The lowest BCUT2D eigenvalue weighted by Gasteiger charge is -2.14. The van der Waals surface area contributed by atoms with Gasteiger partial charge in [0.15, 0.2) is 0 Å². The van der Waals surface area contributed by atoms with Gasteiger partial charge in [0.1, 0.15) is 11.4 Å². The van der Waals surface area contributed by atoms with Crippen molar-refractivity contribution >= 4 is 23.3 Å². The second-order valence-electron chi connectivity index (χ2n) is 5.67. The van der Waals surface area contributed by atoms with Crippen molar-refractivity contribution in [2.45, 2.75) is 19.9 Å². The molecule has 1 amide bonds. The second kappa shape index (κ2) is 9.15. The number of likely N-dealkylation sites (N-methyl/N-ethyl adjacent to an activating group) is 1. The van der Waals surface area contributed by atoms with E-state index < -0.39 is 11.7 Å². The van der Waals surface area contributed by atoms with E-state index in [1.54, 1.807) is 43.3 Å². The highest BCUT2D eigenvalue weighted by atomic mass is 35.5. The third-order valence-electron chi connectivity index (χ3n) is 3.79. The first-order chi connectivity index (χ1) is 12.4. The Labute approximate surface area is 157 Å². The predicted octanol–water partition coefficient (Wildman–Crippen LogP) is 4.03. The number of carbonyl (C=O) groups excluding carboxylic acids is 2. The van der Waals surface area contributed by atoms with Gasteiger partial charge < -0.3 is 10.6 Å². The summed E-state index contributed by atoms with van der Waals surface area (Å²) in [5.41, 5.74) is 1.03. The fourth-order valence-corrected chi connectivity index (χ4v) is 2.56. The lowest BCUT2D eigenvalue weighted by atomic mass is 10.0. The molecule has 2 N–H and O–H groups in total. The molecule has 6 heteroatoms. The van der Waals surface area contributed by atoms with E-state index in [0.717, 1.165) is 5.56 Å². The number of halogens is 2. The van der Waals surface area contributed by atoms with Crippen LogP contribution in [0, 0.1) is 5.82 Å². The lowest BCUT2D eigenvalue weighted by molar-refractivity contribution is -0.117. The molecular weight excluding hydrogens is 355 g/mol. The minimum Gasteiger partial charge on any atom is -0.384 e. The molecule has 0 fully saturated rings. The van der Waals surface area contributed by atoms with Crippen molar-refractivity contribution in [3.63, 3.8) is 0 Å². The zero-order valence-electron chi connectivity index (χ0n) is 14.6. The molecule has 0 radical (unpaired) electrons. The standard InChI is InChI=1S/C20H20ClFN2O2/c1-3-23-20(26)17(19(25)16-6-4-5-7-18(16)21)12-24-13(2)14-8-10-15(22)11-9-14/h4-13,24H,3H2,1-2H3,(H,23,26). The molecule has 1 unspecified atom stereocenters. The number of hydrogen-bond donors (Lipinski definition) is 2. The molecule has 0 aliphatic carbocycles. The van der Waals surface area contributed by atoms with Crippen molar-refractivity contribution in [1.29, 1.82) is 0 Å². The van der Waals surface area contributed by atoms with Crippen LogP contribution in [0.3, 0.4) is 0 Å². The summed E-state index contributed by atoms with van der Waals surface area (Å²) in [5.74, 6) is -1.29. The summed E-state index contributed by atoms with van der Waals surface area (Å²) in [6.07, 6.45) is 1.38. The minimum absolute atomic E-state index is 0.0473. The number of hydrogen-bond acceptors (Lipinski definition) is 3. The summed E-state index contributed by atoms with van der Waals surface area (Å²) < 4.78 is 13.0. The van der Waals surface area contributed by atoms with E-state index in [1.165, 1.54) is 18.3 Å². The molecule has 0 bridgehead atoms. The molecule has 4 nitrogen and oxygen atoms in total. The number of carbonyl (C=O) groups is 2. The number of benzene rings is 2. The molecule has 0 heterocycles. The Kier molecular flexibility index (Phi) is 6.92. The second-order valence-corrected chi connectivity index (χ2v) is 6.07. The first-order valence-corrected chi connectivity index (χ1v) is 8.61. The highest BCUT2D eigenvalue weighted by Crippen LogP contribution is 2.19. The number of amides is 1. The summed E-state index contributed by atoms with van der Waals surface area (Å²) >= 11 is 6.08. The van der Waals surface area contributed by atoms with Gasteiger partial charge in [-0.3, -0.25) is 9.59 Å². The van der Waals surface area contributed by atoms with Crippen LogP contribution in [0.25, 0.3) is 0 Å². The summed E-state index contributed by atoms with van der Waals surface area (Å²) in [4.78, 5) is 25.1. The third kappa shape index (κ3) is 4.92. The first-order valence-electron chi connectivity index (χ1n) is 8.23. The zero-order valence-corrected chi connectivity index (χ0v) is 15.3. The van der Waals surface area contributed by atoms with Gasteiger partial charge in [-0.25, -0.2) is 4.39 Å². The predicted molar refractivity (Wildman–Crippen MR) is 100 cm³/mol. The Hall–Kier alpha value is -2.66. The normalized spacial score (nSPS) is 12.4. The largest absolute Gasteiger partial charge is 0.384 e. The van der Waals surface area contributed by atoms with Crippen molar-refractivity contribution in [2.24, 2.45) is 0 Å². The van der Waals surface area contributed by atoms with Gasteiger partial charge in [0.2, 0.25) is 5.78 Å².